The predicted octanol–water partition coefficient (Wildman–Crippen LogP) is 1.53. The molecule has 0 aromatic carbocycles. The Morgan fingerprint density at radius 3 is 2.67 bits per heavy atom. The van der Waals surface area contributed by atoms with Gasteiger partial charge in [0.05, 0.1) is 0 Å². The average molecular weight is 191 g/mol. The van der Waals surface area contributed by atoms with Crippen molar-refractivity contribution in [2.24, 2.45) is 0 Å². The van der Waals surface area contributed by atoms with Crippen LogP contribution in [0.1, 0.15) is 33.1 Å². The third kappa shape index (κ3) is 8.21. The van der Waals surface area contributed by atoms with Crippen LogP contribution in [0.2, 0.25) is 0 Å². The van der Waals surface area contributed by atoms with Crippen molar-refractivity contribution in [3.05, 3.63) is 0 Å². The van der Waals surface area contributed by atoms with Crippen LogP contribution < -0.4 is 5.32 Å². The smallest absolute Gasteiger partial charge is 0.0244 e. The van der Waals surface area contributed by atoms with Crippen LogP contribution in [0, 0.1) is 0 Å². The lowest BCUT2D eigenvalue weighted by Crippen LogP contribution is -2.27. The number of rotatable bonds is 7. The highest BCUT2D eigenvalue weighted by Crippen LogP contribution is 1.94. The van der Waals surface area contributed by atoms with Crippen LogP contribution in [-0.4, -0.2) is 28.8 Å². The molecule has 0 rings (SSSR count). The van der Waals surface area contributed by atoms with Crippen LogP contribution in [0.15, 0.2) is 0 Å². The van der Waals surface area contributed by atoms with Crippen molar-refractivity contribution >= 4 is 10.8 Å². The maximum absolute atomic E-state index is 10.7. The Bertz CT molecular complexity index is 128. The fourth-order valence-corrected chi connectivity index (χ4v) is 1.71. The maximum Gasteiger partial charge on any atom is 0.0244 e. The zero-order valence-electron chi connectivity index (χ0n) is 8.43. The lowest BCUT2D eigenvalue weighted by Gasteiger charge is -2.11. The molecule has 0 aromatic rings. The van der Waals surface area contributed by atoms with Gasteiger partial charge in [-0.2, -0.15) is 0 Å². The molecule has 1 N–H and O–H groups in total. The van der Waals surface area contributed by atoms with E-state index in [4.69, 9.17) is 0 Å². The molecule has 0 fully saturated rings. The molecule has 2 nitrogen and oxygen atoms in total. The highest BCUT2D eigenvalue weighted by Gasteiger charge is 1.98. The van der Waals surface area contributed by atoms with Crippen LogP contribution in [0.25, 0.3) is 0 Å². The van der Waals surface area contributed by atoms with E-state index in [0.717, 1.165) is 18.7 Å². The summed E-state index contributed by atoms with van der Waals surface area (Å²) in [5.74, 6) is 0.825. The second-order valence-corrected chi connectivity index (χ2v) is 4.83. The summed E-state index contributed by atoms with van der Waals surface area (Å²) in [6.45, 7) is 5.40. The van der Waals surface area contributed by atoms with Crippen molar-refractivity contribution in [3.8, 4) is 0 Å². The fraction of sp³-hybridized carbons (Fsp3) is 1.00. The zero-order chi connectivity index (χ0) is 9.40. The topological polar surface area (TPSA) is 29.1 Å². The van der Waals surface area contributed by atoms with E-state index >= 15 is 0 Å². The van der Waals surface area contributed by atoms with Crippen LogP contribution in [0.4, 0.5) is 0 Å². The monoisotopic (exact) mass is 191 g/mol. The molecule has 0 heterocycles. The van der Waals surface area contributed by atoms with Crippen LogP contribution >= 0.6 is 0 Å². The molecule has 0 aromatic heterocycles. The van der Waals surface area contributed by atoms with Gasteiger partial charge >= 0.3 is 0 Å². The van der Waals surface area contributed by atoms with E-state index < -0.39 is 10.8 Å². The molecule has 0 spiro atoms. The van der Waals surface area contributed by atoms with Crippen molar-refractivity contribution < 1.29 is 4.21 Å². The Balaban J connectivity index is 3.13. The molecular formula is C9H21NOS. The van der Waals surface area contributed by atoms with Crippen LogP contribution in [0.3, 0.4) is 0 Å². The van der Waals surface area contributed by atoms with Gasteiger partial charge in [0.2, 0.25) is 0 Å². The fourth-order valence-electron chi connectivity index (χ4n) is 1.16. The molecule has 2 unspecified atom stereocenters. The standard InChI is InChI=1S/C9H21NOS/c1-4-6-9(2)10-7-5-8-12(3)11/h9-10H,4-8H2,1-3H3. The Hall–Kier alpha value is 0.110. The Morgan fingerprint density at radius 1 is 1.50 bits per heavy atom. The summed E-state index contributed by atoms with van der Waals surface area (Å²) >= 11 is 0. The summed E-state index contributed by atoms with van der Waals surface area (Å²) in [7, 11) is -0.624. The van der Waals surface area contributed by atoms with Crippen molar-refractivity contribution in [2.45, 2.75) is 39.2 Å². The minimum Gasteiger partial charge on any atom is -0.314 e. The molecular weight excluding hydrogens is 170 g/mol. The maximum atomic E-state index is 10.7. The summed E-state index contributed by atoms with van der Waals surface area (Å²) in [6.07, 6.45) is 5.25. The third-order valence-corrected chi connectivity index (χ3v) is 2.69. The summed E-state index contributed by atoms with van der Waals surface area (Å²) in [4.78, 5) is 0. The highest BCUT2D eigenvalue weighted by atomic mass is 32.2. The summed E-state index contributed by atoms with van der Waals surface area (Å²) in [5.41, 5.74) is 0. The first-order valence-electron chi connectivity index (χ1n) is 4.70. The van der Waals surface area contributed by atoms with Crippen molar-refractivity contribution in [1.82, 2.24) is 5.32 Å². The van der Waals surface area contributed by atoms with Crippen molar-refractivity contribution in [2.75, 3.05) is 18.6 Å². The number of hydrogen-bond donors (Lipinski definition) is 1. The molecule has 0 saturated heterocycles. The molecule has 0 aliphatic rings. The quantitative estimate of drug-likeness (QED) is 0.618. The molecule has 3 heteroatoms. The molecule has 0 radical (unpaired) electrons. The van der Waals surface area contributed by atoms with Gasteiger partial charge < -0.3 is 5.32 Å². The first-order valence-corrected chi connectivity index (χ1v) is 6.43. The van der Waals surface area contributed by atoms with Gasteiger partial charge in [-0.1, -0.05) is 13.3 Å². The molecule has 0 aliphatic carbocycles. The van der Waals surface area contributed by atoms with Gasteiger partial charge in [-0.25, -0.2) is 0 Å². The minimum atomic E-state index is -0.624. The molecule has 12 heavy (non-hydrogen) atoms. The highest BCUT2D eigenvalue weighted by molar-refractivity contribution is 7.84. The van der Waals surface area contributed by atoms with E-state index in [1.165, 1.54) is 12.8 Å². The van der Waals surface area contributed by atoms with Gasteiger partial charge in [-0.05, 0) is 26.3 Å². The number of nitrogens with one attached hydrogen (secondary N) is 1. The van der Waals surface area contributed by atoms with Crippen molar-refractivity contribution in [3.63, 3.8) is 0 Å². The molecule has 0 aliphatic heterocycles. The average Bonchev–Trinajstić information content (AvgIpc) is 1.98. The van der Waals surface area contributed by atoms with Crippen LogP contribution in [0.5, 0.6) is 0 Å². The third-order valence-electron chi connectivity index (χ3n) is 1.82. The summed E-state index contributed by atoms with van der Waals surface area (Å²) < 4.78 is 10.7. The Kier molecular flexibility index (Phi) is 7.81. The van der Waals surface area contributed by atoms with E-state index in [9.17, 15) is 4.21 Å². The number of hydrogen-bond acceptors (Lipinski definition) is 2. The van der Waals surface area contributed by atoms with Crippen LogP contribution in [-0.2, 0) is 10.8 Å². The Labute approximate surface area is 78.6 Å². The molecule has 74 valence electrons. The predicted molar refractivity (Wildman–Crippen MR) is 55.9 cm³/mol. The largest absolute Gasteiger partial charge is 0.314 e. The second kappa shape index (κ2) is 7.74. The van der Waals surface area contributed by atoms with Gasteiger partial charge in [0.15, 0.2) is 0 Å². The molecule has 0 saturated carbocycles. The second-order valence-electron chi connectivity index (χ2n) is 3.27. The SMILES string of the molecule is CCCC(C)NCCCS(C)=O. The molecule has 0 bridgehead atoms. The first kappa shape index (κ1) is 12.1. The first-order chi connectivity index (χ1) is 5.66. The lowest BCUT2D eigenvalue weighted by molar-refractivity contribution is 0.509. The van der Waals surface area contributed by atoms with Gasteiger partial charge in [0, 0.05) is 28.9 Å². The van der Waals surface area contributed by atoms with Gasteiger partial charge in [-0.15, -0.1) is 0 Å². The van der Waals surface area contributed by atoms with Gasteiger partial charge in [0.25, 0.3) is 0 Å². The summed E-state index contributed by atoms with van der Waals surface area (Å²) in [5, 5.41) is 3.40. The van der Waals surface area contributed by atoms with E-state index in [-0.39, 0.29) is 0 Å². The Morgan fingerprint density at radius 2 is 2.17 bits per heavy atom. The van der Waals surface area contributed by atoms with Gasteiger partial charge in [-0.3, -0.25) is 4.21 Å². The molecule has 0 amide bonds. The van der Waals surface area contributed by atoms with E-state index in [2.05, 4.69) is 19.2 Å². The summed E-state index contributed by atoms with van der Waals surface area (Å²) in [6, 6.07) is 0.611. The minimum absolute atomic E-state index is 0.611. The normalized spacial score (nSPS) is 15.9. The van der Waals surface area contributed by atoms with E-state index in [1.54, 1.807) is 6.26 Å². The van der Waals surface area contributed by atoms with Crippen molar-refractivity contribution in [1.29, 1.82) is 0 Å². The van der Waals surface area contributed by atoms with Gasteiger partial charge in [0.1, 0.15) is 0 Å². The molecule has 2 atom stereocenters. The zero-order valence-corrected chi connectivity index (χ0v) is 9.25. The lowest BCUT2D eigenvalue weighted by atomic mass is 10.2. The van der Waals surface area contributed by atoms with E-state index in [0.29, 0.717) is 6.04 Å². The van der Waals surface area contributed by atoms with E-state index in [1.807, 2.05) is 0 Å².